The smallest absolute Gasteiger partial charge is 0.330 e. The second-order valence-corrected chi connectivity index (χ2v) is 14.9. The lowest BCUT2D eigenvalue weighted by Gasteiger charge is -2.28. The molecule has 12 atom stereocenters. The Bertz CT molecular complexity index is 1130. The van der Waals surface area contributed by atoms with E-state index in [1.807, 2.05) is 79.7 Å². The van der Waals surface area contributed by atoms with Crippen molar-refractivity contribution in [2.75, 3.05) is 0 Å². The number of cyclic esters (lactones) is 2. The van der Waals surface area contributed by atoms with Crippen molar-refractivity contribution in [3.05, 3.63) is 48.6 Å². The molecular weight excluding hydrogens is 616 g/mol. The van der Waals surface area contributed by atoms with E-state index < -0.39 is 6.10 Å². The normalized spacial score (nSPS) is 39.1. The van der Waals surface area contributed by atoms with Gasteiger partial charge in [-0.1, -0.05) is 106 Å². The number of allylic oxidation sites excluding steroid dienone is 4. The number of Topliss-reactive ketones (excluding diaryl/α,β-unsaturated/α-hetero) is 1. The van der Waals surface area contributed by atoms with Gasteiger partial charge in [-0.2, -0.15) is 0 Å². The SMILES string of the molecule is C.C[C@@H]1C[C@H](C)[C@H](O)[C@@H](C)/C=C/C(=O)O[C@H](C)[C@@H](C)/C=C/CCC1=O.C[C@@H]1[C@@H](C)CCC(=O)O[C@H](C)[C@@H](C)/C=C/C=C/C(=O)[C@H](C)C[C@@H]1C. The minimum Gasteiger partial charge on any atom is -0.462 e. The molecule has 0 radical (unpaired) electrons. The predicted molar refractivity (Wildman–Crippen MR) is 201 cm³/mol. The molecule has 7 heteroatoms. The first kappa shape index (κ1) is 46.2. The fourth-order valence-corrected chi connectivity index (χ4v) is 6.10. The first-order chi connectivity index (χ1) is 22.4. The van der Waals surface area contributed by atoms with Crippen LogP contribution in [0.3, 0.4) is 0 Å². The van der Waals surface area contributed by atoms with Gasteiger partial charge in [0.15, 0.2) is 5.78 Å². The van der Waals surface area contributed by atoms with Crippen LogP contribution in [0.15, 0.2) is 48.6 Å². The second-order valence-electron chi connectivity index (χ2n) is 14.9. The zero-order valence-corrected chi connectivity index (χ0v) is 31.7. The Labute approximate surface area is 299 Å². The first-order valence-electron chi connectivity index (χ1n) is 18.3. The molecule has 2 rings (SSSR count). The van der Waals surface area contributed by atoms with E-state index in [-0.39, 0.29) is 78.6 Å². The van der Waals surface area contributed by atoms with Crippen molar-refractivity contribution in [2.24, 2.45) is 53.3 Å². The fourth-order valence-electron chi connectivity index (χ4n) is 6.10. The minimum atomic E-state index is -0.589. The summed E-state index contributed by atoms with van der Waals surface area (Å²) in [5.41, 5.74) is 0. The van der Waals surface area contributed by atoms with Crippen LogP contribution in [0.25, 0.3) is 0 Å². The predicted octanol–water partition coefficient (Wildman–Crippen LogP) is 9.29. The highest BCUT2D eigenvalue weighted by molar-refractivity contribution is 5.91. The zero-order valence-electron chi connectivity index (χ0n) is 31.7. The van der Waals surface area contributed by atoms with E-state index in [1.165, 1.54) is 6.08 Å². The number of aliphatic hydroxyl groups excluding tert-OH is 1. The van der Waals surface area contributed by atoms with Gasteiger partial charge in [0, 0.05) is 48.5 Å². The van der Waals surface area contributed by atoms with Gasteiger partial charge in [0.1, 0.15) is 18.0 Å². The number of rotatable bonds is 0. The lowest BCUT2D eigenvalue weighted by Crippen LogP contribution is -2.28. The average molecular weight is 687 g/mol. The Morgan fingerprint density at radius 3 is 1.88 bits per heavy atom. The molecule has 2 aliphatic heterocycles. The van der Waals surface area contributed by atoms with Crippen molar-refractivity contribution in [1.82, 2.24) is 0 Å². The number of carbonyl (C=O) groups excluding carboxylic acids is 4. The summed E-state index contributed by atoms with van der Waals surface area (Å²) < 4.78 is 10.9. The maximum Gasteiger partial charge on any atom is 0.330 e. The van der Waals surface area contributed by atoms with Crippen LogP contribution in [-0.2, 0) is 28.7 Å². The fraction of sp³-hybridized carbons (Fsp3) is 0.714. The first-order valence-corrected chi connectivity index (χ1v) is 18.3. The van der Waals surface area contributed by atoms with Crippen molar-refractivity contribution >= 4 is 23.5 Å². The van der Waals surface area contributed by atoms with Crippen LogP contribution in [0.2, 0.25) is 0 Å². The number of ether oxygens (including phenoxy) is 2. The van der Waals surface area contributed by atoms with E-state index in [2.05, 4.69) is 20.8 Å². The van der Waals surface area contributed by atoms with E-state index in [0.29, 0.717) is 43.4 Å². The molecule has 2 heterocycles. The van der Waals surface area contributed by atoms with Crippen LogP contribution in [-0.4, -0.2) is 46.9 Å². The number of aliphatic hydroxyl groups is 1. The molecule has 0 saturated carbocycles. The Kier molecular flexibility index (Phi) is 22.2. The van der Waals surface area contributed by atoms with Crippen molar-refractivity contribution < 1.29 is 33.8 Å². The molecule has 0 aromatic carbocycles. The monoisotopic (exact) mass is 687 g/mol. The number of carbonyl (C=O) groups is 4. The third-order valence-corrected chi connectivity index (χ3v) is 10.6. The molecule has 0 aromatic heterocycles. The van der Waals surface area contributed by atoms with Crippen molar-refractivity contribution in [1.29, 1.82) is 0 Å². The van der Waals surface area contributed by atoms with E-state index in [1.54, 1.807) is 18.2 Å². The summed E-state index contributed by atoms with van der Waals surface area (Å²) in [4.78, 5) is 48.4. The number of esters is 2. The Morgan fingerprint density at radius 1 is 0.633 bits per heavy atom. The Balaban J connectivity index is 0.000000922. The van der Waals surface area contributed by atoms with Gasteiger partial charge in [-0.15, -0.1) is 0 Å². The third kappa shape index (κ3) is 17.6. The molecule has 0 fully saturated rings. The third-order valence-electron chi connectivity index (χ3n) is 10.6. The van der Waals surface area contributed by atoms with E-state index in [4.69, 9.17) is 9.47 Å². The molecule has 49 heavy (non-hydrogen) atoms. The maximum atomic E-state index is 12.2. The molecule has 7 nitrogen and oxygen atoms in total. The summed E-state index contributed by atoms with van der Waals surface area (Å²) in [5, 5.41) is 10.4. The summed E-state index contributed by atoms with van der Waals surface area (Å²) in [5.74, 6) is 1.29. The highest BCUT2D eigenvalue weighted by Crippen LogP contribution is 2.30. The van der Waals surface area contributed by atoms with Crippen LogP contribution >= 0.6 is 0 Å². The van der Waals surface area contributed by atoms with Crippen LogP contribution in [0.5, 0.6) is 0 Å². The Hall–Kier alpha value is -2.80. The summed E-state index contributed by atoms with van der Waals surface area (Å²) in [6.07, 6.45) is 17.5. The van der Waals surface area contributed by atoms with Crippen LogP contribution in [0, 0.1) is 53.3 Å². The number of ketones is 2. The summed E-state index contributed by atoms with van der Waals surface area (Å²) in [6, 6.07) is 0. The van der Waals surface area contributed by atoms with Crippen LogP contribution in [0.1, 0.15) is 122 Å². The molecular formula is C42H70O7. The van der Waals surface area contributed by atoms with Crippen LogP contribution in [0.4, 0.5) is 0 Å². The summed E-state index contributed by atoms with van der Waals surface area (Å²) in [7, 11) is 0. The van der Waals surface area contributed by atoms with Crippen molar-refractivity contribution in [2.45, 2.75) is 140 Å². The van der Waals surface area contributed by atoms with Crippen molar-refractivity contribution in [3.63, 3.8) is 0 Å². The standard InChI is InChI=1S/C21H34O3.C20H32O4.CH4/c1-14-11-12-21(23)24-19(6)15(2)9-7-8-10-20(22)17(4)13-16(3)18(14)5;1-13-8-6-7-9-18(21)15(3)12-16(4)20(23)14(2)10-11-19(22)24-17(13)5;/h7-10,14-19H,11-13H2,1-6H3;6,8,10-11,13-17,20,23H,7,9,12H2,1-5H3;1H4/b9-7+,10-8+;8-6+,11-10+;/t14-,15-,16-,17+,18+,19+;13-,14-,15+,16-,17+,20+;/m00./s1. The molecule has 0 spiro atoms. The largest absolute Gasteiger partial charge is 0.462 e. The van der Waals surface area contributed by atoms with Gasteiger partial charge >= 0.3 is 11.9 Å². The maximum absolute atomic E-state index is 12.2. The van der Waals surface area contributed by atoms with Crippen molar-refractivity contribution in [3.8, 4) is 0 Å². The highest BCUT2D eigenvalue weighted by Gasteiger charge is 2.26. The van der Waals surface area contributed by atoms with E-state index in [0.717, 1.165) is 12.8 Å². The highest BCUT2D eigenvalue weighted by atomic mass is 16.5. The summed E-state index contributed by atoms with van der Waals surface area (Å²) >= 11 is 0. The summed E-state index contributed by atoms with van der Waals surface area (Å²) in [6.45, 7) is 22.2. The molecule has 0 amide bonds. The van der Waals surface area contributed by atoms with Crippen LogP contribution < -0.4 is 0 Å². The van der Waals surface area contributed by atoms with Gasteiger partial charge < -0.3 is 14.6 Å². The molecule has 2 aliphatic rings. The van der Waals surface area contributed by atoms with Gasteiger partial charge in [0.05, 0.1) is 6.10 Å². The van der Waals surface area contributed by atoms with Gasteiger partial charge in [-0.25, -0.2) is 4.79 Å². The zero-order chi connectivity index (χ0) is 36.6. The van der Waals surface area contributed by atoms with E-state index in [9.17, 15) is 24.3 Å². The molecule has 0 aliphatic carbocycles. The van der Waals surface area contributed by atoms with E-state index >= 15 is 0 Å². The quantitative estimate of drug-likeness (QED) is 0.200. The average Bonchev–Trinajstić information content (AvgIpc) is 3.04. The Morgan fingerprint density at radius 2 is 1.22 bits per heavy atom. The van der Waals surface area contributed by atoms with Gasteiger partial charge in [0.25, 0.3) is 0 Å². The molecule has 0 bridgehead atoms. The molecule has 0 unspecified atom stereocenters. The van der Waals surface area contributed by atoms with Gasteiger partial charge in [-0.3, -0.25) is 14.4 Å². The molecule has 1 N–H and O–H groups in total. The minimum absolute atomic E-state index is 0. The molecule has 0 aromatic rings. The second kappa shape index (κ2) is 23.6. The lowest BCUT2D eigenvalue weighted by atomic mass is 9.78. The number of hydrogen-bond acceptors (Lipinski definition) is 7. The molecule has 280 valence electrons. The van der Waals surface area contributed by atoms with Gasteiger partial charge in [-0.05, 0) is 69.3 Å². The topological polar surface area (TPSA) is 107 Å². The number of hydrogen-bond donors (Lipinski definition) is 1. The molecule has 0 saturated heterocycles. The lowest BCUT2D eigenvalue weighted by molar-refractivity contribution is -0.150. The van der Waals surface area contributed by atoms with Gasteiger partial charge in [0.2, 0.25) is 0 Å².